The monoisotopic (exact) mass is 489 g/mol. The van der Waals surface area contributed by atoms with Gasteiger partial charge in [-0.05, 0) is 43.0 Å². The maximum absolute atomic E-state index is 13.1. The molecule has 0 bridgehead atoms. The zero-order chi connectivity index (χ0) is 24.5. The van der Waals surface area contributed by atoms with Crippen LogP contribution in [0.3, 0.4) is 0 Å². The number of rotatable bonds is 7. The number of aryl methyl sites for hydroxylation is 1. The van der Waals surface area contributed by atoms with Gasteiger partial charge >= 0.3 is 5.76 Å². The predicted octanol–water partition coefficient (Wildman–Crippen LogP) is 2.58. The van der Waals surface area contributed by atoms with Crippen molar-refractivity contribution < 1.29 is 27.1 Å². The number of methoxy groups -OCH3 is 2. The number of piperidine rings is 1. The maximum atomic E-state index is 13.1. The van der Waals surface area contributed by atoms with Crippen molar-refractivity contribution in [1.82, 2.24) is 8.87 Å². The fraction of sp³-hybridized carbons (Fsp3) is 0.391. The summed E-state index contributed by atoms with van der Waals surface area (Å²) < 4.78 is 44.6. The van der Waals surface area contributed by atoms with E-state index in [2.05, 4.69) is 5.32 Å². The molecular formula is C23H27N3O7S. The van der Waals surface area contributed by atoms with Crippen LogP contribution in [0.2, 0.25) is 0 Å². The summed E-state index contributed by atoms with van der Waals surface area (Å²) in [4.78, 5) is 24.4. The molecule has 0 unspecified atom stereocenters. The number of amides is 1. The van der Waals surface area contributed by atoms with Crippen LogP contribution in [0, 0.1) is 5.92 Å². The second kappa shape index (κ2) is 9.51. The molecule has 4 rings (SSSR count). The second-order valence-corrected chi connectivity index (χ2v) is 10.2. The summed E-state index contributed by atoms with van der Waals surface area (Å²) in [6, 6.07) is 9.58. The van der Waals surface area contributed by atoms with E-state index in [1.54, 1.807) is 38.4 Å². The molecule has 0 atom stereocenters. The van der Waals surface area contributed by atoms with Crippen molar-refractivity contribution in [2.45, 2.75) is 24.2 Å². The summed E-state index contributed by atoms with van der Waals surface area (Å²) in [6.07, 6.45) is 1.41. The van der Waals surface area contributed by atoms with Gasteiger partial charge < -0.3 is 19.2 Å². The minimum absolute atomic E-state index is 0.0605. The topological polar surface area (TPSA) is 120 Å². The van der Waals surface area contributed by atoms with Crippen LogP contribution in [-0.4, -0.2) is 50.5 Å². The van der Waals surface area contributed by atoms with E-state index in [4.69, 9.17) is 13.9 Å². The van der Waals surface area contributed by atoms with E-state index in [1.807, 2.05) is 0 Å². The van der Waals surface area contributed by atoms with Crippen LogP contribution in [0.25, 0.3) is 11.1 Å². The minimum Gasteiger partial charge on any atom is -0.497 e. The summed E-state index contributed by atoms with van der Waals surface area (Å²) in [5, 5.41) is 2.86. The maximum Gasteiger partial charge on any atom is 0.419 e. The second-order valence-electron chi connectivity index (χ2n) is 8.22. The third-order valence-electron chi connectivity index (χ3n) is 6.13. The number of hydrogen-bond acceptors (Lipinski definition) is 7. The Bertz CT molecular complexity index is 1370. The van der Waals surface area contributed by atoms with Gasteiger partial charge in [0, 0.05) is 38.7 Å². The fourth-order valence-corrected chi connectivity index (χ4v) is 5.63. The summed E-state index contributed by atoms with van der Waals surface area (Å²) in [7, 11) is 0.894. The van der Waals surface area contributed by atoms with E-state index in [0.717, 1.165) is 0 Å². The third kappa shape index (κ3) is 4.66. The Hall–Kier alpha value is -3.31. The standard InChI is InChI=1S/C23H27N3O7S/c1-25-19-7-5-17(14-21(19)33-23(25)28)34(29,30)26-10-8-15(9-11-26)12-22(27)24-18-6-4-16(31-2)13-20(18)32-3/h4-7,13-15H,8-12H2,1-3H3,(H,24,27). The van der Waals surface area contributed by atoms with E-state index in [9.17, 15) is 18.0 Å². The van der Waals surface area contributed by atoms with Crippen molar-refractivity contribution in [3.63, 3.8) is 0 Å². The first kappa shape index (κ1) is 23.8. The van der Waals surface area contributed by atoms with Crippen molar-refractivity contribution in [3.05, 3.63) is 46.9 Å². The average Bonchev–Trinajstić information content (AvgIpc) is 3.12. The summed E-state index contributed by atoms with van der Waals surface area (Å²) in [5.41, 5.74) is 1.31. The molecule has 0 spiro atoms. The number of oxazole rings is 1. The number of carbonyl (C=O) groups is 1. The smallest absolute Gasteiger partial charge is 0.419 e. The molecular weight excluding hydrogens is 462 g/mol. The van der Waals surface area contributed by atoms with Crippen LogP contribution in [-0.2, 0) is 21.9 Å². The van der Waals surface area contributed by atoms with Gasteiger partial charge in [0.15, 0.2) is 5.58 Å². The van der Waals surface area contributed by atoms with E-state index in [0.29, 0.717) is 48.6 Å². The Kier molecular flexibility index (Phi) is 6.67. The molecule has 1 N–H and O–H groups in total. The molecule has 2 heterocycles. The van der Waals surface area contributed by atoms with Crippen LogP contribution in [0.15, 0.2) is 50.5 Å². The number of hydrogen-bond donors (Lipinski definition) is 1. The van der Waals surface area contributed by atoms with E-state index in [1.165, 1.54) is 28.1 Å². The highest BCUT2D eigenvalue weighted by atomic mass is 32.2. The lowest BCUT2D eigenvalue weighted by molar-refractivity contribution is -0.117. The molecule has 182 valence electrons. The van der Waals surface area contributed by atoms with Crippen LogP contribution < -0.4 is 20.5 Å². The number of fused-ring (bicyclic) bond motifs is 1. The first-order valence-electron chi connectivity index (χ1n) is 10.8. The molecule has 1 amide bonds. The average molecular weight is 490 g/mol. The Morgan fingerprint density at radius 3 is 2.53 bits per heavy atom. The molecule has 10 nitrogen and oxygen atoms in total. The summed E-state index contributed by atoms with van der Waals surface area (Å²) >= 11 is 0. The Balaban J connectivity index is 1.37. The van der Waals surface area contributed by atoms with Crippen molar-refractivity contribution in [2.75, 3.05) is 32.6 Å². The quantitative estimate of drug-likeness (QED) is 0.542. The highest BCUT2D eigenvalue weighted by molar-refractivity contribution is 7.89. The Morgan fingerprint density at radius 1 is 1.12 bits per heavy atom. The van der Waals surface area contributed by atoms with Gasteiger partial charge in [-0.1, -0.05) is 0 Å². The van der Waals surface area contributed by atoms with Crippen LogP contribution in [0.4, 0.5) is 5.69 Å². The Labute approximate surface area is 197 Å². The number of anilines is 1. The number of benzene rings is 2. The first-order valence-corrected chi connectivity index (χ1v) is 12.3. The molecule has 0 radical (unpaired) electrons. The van der Waals surface area contributed by atoms with Gasteiger partial charge in [-0.15, -0.1) is 0 Å². The number of aromatic nitrogens is 1. The van der Waals surface area contributed by atoms with Crippen molar-refractivity contribution in [2.24, 2.45) is 13.0 Å². The molecule has 0 saturated carbocycles. The molecule has 1 saturated heterocycles. The fourth-order valence-electron chi connectivity index (χ4n) is 4.14. The van der Waals surface area contributed by atoms with Gasteiger partial charge in [-0.25, -0.2) is 13.2 Å². The lowest BCUT2D eigenvalue weighted by Gasteiger charge is -2.31. The molecule has 11 heteroatoms. The molecule has 1 aliphatic heterocycles. The van der Waals surface area contributed by atoms with E-state index < -0.39 is 15.8 Å². The van der Waals surface area contributed by atoms with Gasteiger partial charge in [0.1, 0.15) is 11.5 Å². The molecule has 1 fully saturated rings. The molecule has 2 aromatic carbocycles. The molecule has 1 aliphatic rings. The van der Waals surface area contributed by atoms with Crippen molar-refractivity contribution in [3.8, 4) is 11.5 Å². The molecule has 1 aromatic heterocycles. The van der Waals surface area contributed by atoms with Crippen molar-refractivity contribution in [1.29, 1.82) is 0 Å². The van der Waals surface area contributed by atoms with Gasteiger partial charge in [0.25, 0.3) is 0 Å². The number of sulfonamides is 1. The molecule has 34 heavy (non-hydrogen) atoms. The SMILES string of the molecule is COc1ccc(NC(=O)CC2CCN(S(=O)(=O)c3ccc4c(c3)oc(=O)n4C)CC2)c(OC)c1. The van der Waals surface area contributed by atoms with Crippen LogP contribution >= 0.6 is 0 Å². The van der Waals surface area contributed by atoms with E-state index >= 15 is 0 Å². The lowest BCUT2D eigenvalue weighted by atomic mass is 9.94. The predicted molar refractivity (Wildman–Crippen MR) is 126 cm³/mol. The zero-order valence-electron chi connectivity index (χ0n) is 19.2. The Morgan fingerprint density at radius 2 is 1.85 bits per heavy atom. The summed E-state index contributed by atoms with van der Waals surface area (Å²) in [6.45, 7) is 0.617. The molecule has 3 aromatic rings. The zero-order valence-corrected chi connectivity index (χ0v) is 20.1. The lowest BCUT2D eigenvalue weighted by Crippen LogP contribution is -2.39. The van der Waals surface area contributed by atoms with Crippen LogP contribution in [0.1, 0.15) is 19.3 Å². The number of nitrogens with one attached hydrogen (secondary N) is 1. The highest BCUT2D eigenvalue weighted by Crippen LogP contribution is 2.31. The van der Waals surface area contributed by atoms with Crippen molar-refractivity contribution >= 4 is 32.7 Å². The number of carbonyl (C=O) groups excluding carboxylic acids is 1. The highest BCUT2D eigenvalue weighted by Gasteiger charge is 2.31. The number of ether oxygens (including phenoxy) is 2. The van der Waals surface area contributed by atoms with Crippen LogP contribution in [0.5, 0.6) is 11.5 Å². The van der Waals surface area contributed by atoms with Gasteiger partial charge in [-0.2, -0.15) is 4.31 Å². The van der Waals surface area contributed by atoms with Gasteiger partial charge in [-0.3, -0.25) is 9.36 Å². The molecule has 0 aliphatic carbocycles. The van der Waals surface area contributed by atoms with E-state index in [-0.39, 0.29) is 28.7 Å². The van der Waals surface area contributed by atoms with Gasteiger partial charge in [0.2, 0.25) is 15.9 Å². The number of nitrogens with zero attached hydrogens (tertiary/aromatic N) is 2. The van der Waals surface area contributed by atoms with Gasteiger partial charge in [0.05, 0.1) is 30.3 Å². The third-order valence-corrected chi connectivity index (χ3v) is 8.03. The normalized spacial score (nSPS) is 15.4. The minimum atomic E-state index is -3.74. The summed E-state index contributed by atoms with van der Waals surface area (Å²) in [5.74, 6) is 0.479. The first-order chi connectivity index (χ1) is 16.2. The largest absolute Gasteiger partial charge is 0.497 e.